The van der Waals surface area contributed by atoms with Gasteiger partial charge in [-0.2, -0.15) is 5.10 Å². The van der Waals surface area contributed by atoms with E-state index in [1.54, 1.807) is 6.07 Å². The van der Waals surface area contributed by atoms with Gasteiger partial charge in [-0.15, -0.1) is 0 Å². The van der Waals surface area contributed by atoms with Crippen molar-refractivity contribution in [2.24, 2.45) is 0 Å². The summed E-state index contributed by atoms with van der Waals surface area (Å²) in [6, 6.07) is 7.17. The van der Waals surface area contributed by atoms with E-state index in [1.807, 2.05) is 6.92 Å². The standard InChI is InChI=1S/C14H15FN4O2/c1-2-16-10-7-14(21)19(17-8-10)9-13(20)18-12-6-4-3-5-11(12)15/h3-8,16H,2,9H2,1H3,(H,18,20). The number of hydrogen-bond acceptors (Lipinski definition) is 4. The summed E-state index contributed by atoms with van der Waals surface area (Å²) in [5, 5.41) is 9.23. The first kappa shape index (κ1) is 14.7. The van der Waals surface area contributed by atoms with Gasteiger partial charge in [0, 0.05) is 12.6 Å². The second-order valence-corrected chi connectivity index (χ2v) is 4.30. The van der Waals surface area contributed by atoms with Gasteiger partial charge in [0.25, 0.3) is 5.56 Å². The van der Waals surface area contributed by atoms with E-state index in [9.17, 15) is 14.0 Å². The minimum absolute atomic E-state index is 0.0693. The highest BCUT2D eigenvalue weighted by molar-refractivity contribution is 5.90. The summed E-state index contributed by atoms with van der Waals surface area (Å²) in [5.74, 6) is -1.06. The van der Waals surface area contributed by atoms with Crippen LogP contribution in [0.4, 0.5) is 15.8 Å². The van der Waals surface area contributed by atoms with Crippen LogP contribution < -0.4 is 16.2 Å². The van der Waals surface area contributed by atoms with Crippen LogP contribution in [0.2, 0.25) is 0 Å². The SMILES string of the molecule is CCNc1cnn(CC(=O)Nc2ccccc2F)c(=O)c1. The molecule has 0 radical (unpaired) electrons. The minimum atomic E-state index is -0.534. The van der Waals surface area contributed by atoms with Crippen LogP contribution >= 0.6 is 0 Å². The first-order valence-electron chi connectivity index (χ1n) is 6.45. The summed E-state index contributed by atoms with van der Waals surface area (Å²) in [6.45, 7) is 2.28. The third-order valence-corrected chi connectivity index (χ3v) is 2.69. The molecule has 0 saturated heterocycles. The maximum Gasteiger partial charge on any atom is 0.269 e. The van der Waals surface area contributed by atoms with Crippen molar-refractivity contribution in [2.45, 2.75) is 13.5 Å². The van der Waals surface area contributed by atoms with Gasteiger partial charge in [0.15, 0.2) is 0 Å². The molecule has 0 fully saturated rings. The molecule has 1 aromatic carbocycles. The number of carbonyl (C=O) groups excluding carboxylic acids is 1. The highest BCUT2D eigenvalue weighted by Crippen LogP contribution is 2.12. The summed E-state index contributed by atoms with van der Waals surface area (Å²) in [4.78, 5) is 23.6. The van der Waals surface area contributed by atoms with Gasteiger partial charge in [-0.3, -0.25) is 9.59 Å². The fourth-order valence-electron chi connectivity index (χ4n) is 1.74. The molecule has 1 heterocycles. The largest absolute Gasteiger partial charge is 0.384 e. The van der Waals surface area contributed by atoms with Crippen molar-refractivity contribution >= 4 is 17.3 Å². The molecular weight excluding hydrogens is 275 g/mol. The maximum absolute atomic E-state index is 13.4. The number of anilines is 2. The lowest BCUT2D eigenvalue weighted by atomic mass is 10.3. The van der Waals surface area contributed by atoms with Crippen molar-refractivity contribution in [1.29, 1.82) is 0 Å². The molecule has 2 N–H and O–H groups in total. The lowest BCUT2D eigenvalue weighted by Gasteiger charge is -2.08. The van der Waals surface area contributed by atoms with Gasteiger partial charge in [0.1, 0.15) is 12.4 Å². The number of aromatic nitrogens is 2. The van der Waals surface area contributed by atoms with Crippen LogP contribution in [0.3, 0.4) is 0 Å². The molecule has 0 aliphatic carbocycles. The van der Waals surface area contributed by atoms with Crippen molar-refractivity contribution in [3.05, 3.63) is 52.7 Å². The molecule has 0 bridgehead atoms. The van der Waals surface area contributed by atoms with Gasteiger partial charge in [-0.1, -0.05) is 12.1 Å². The van der Waals surface area contributed by atoms with Crippen LogP contribution in [-0.2, 0) is 11.3 Å². The Labute approximate surface area is 120 Å². The third kappa shape index (κ3) is 3.88. The maximum atomic E-state index is 13.4. The predicted molar refractivity (Wildman–Crippen MR) is 77.7 cm³/mol. The quantitative estimate of drug-likeness (QED) is 0.874. The van der Waals surface area contributed by atoms with Crippen molar-refractivity contribution in [3.63, 3.8) is 0 Å². The zero-order valence-corrected chi connectivity index (χ0v) is 11.5. The molecule has 2 rings (SSSR count). The highest BCUT2D eigenvalue weighted by atomic mass is 19.1. The molecule has 0 saturated carbocycles. The van der Waals surface area contributed by atoms with E-state index in [1.165, 1.54) is 30.5 Å². The number of benzene rings is 1. The van der Waals surface area contributed by atoms with Crippen molar-refractivity contribution in [3.8, 4) is 0 Å². The molecule has 1 amide bonds. The Bertz CT molecular complexity index is 699. The van der Waals surface area contributed by atoms with E-state index < -0.39 is 17.3 Å². The van der Waals surface area contributed by atoms with Crippen LogP contribution in [0, 0.1) is 5.82 Å². The van der Waals surface area contributed by atoms with Gasteiger partial charge in [-0.05, 0) is 19.1 Å². The molecule has 7 heteroatoms. The van der Waals surface area contributed by atoms with E-state index in [4.69, 9.17) is 0 Å². The highest BCUT2D eigenvalue weighted by Gasteiger charge is 2.09. The summed E-state index contributed by atoms with van der Waals surface area (Å²) in [6.07, 6.45) is 1.46. The Morgan fingerprint density at radius 1 is 1.38 bits per heavy atom. The molecule has 0 aliphatic rings. The van der Waals surface area contributed by atoms with Crippen molar-refractivity contribution < 1.29 is 9.18 Å². The zero-order valence-electron chi connectivity index (χ0n) is 11.5. The fourth-order valence-corrected chi connectivity index (χ4v) is 1.74. The number of para-hydroxylation sites is 1. The lowest BCUT2D eigenvalue weighted by Crippen LogP contribution is -2.29. The molecule has 6 nitrogen and oxygen atoms in total. The third-order valence-electron chi connectivity index (χ3n) is 2.69. The molecule has 0 unspecified atom stereocenters. The topological polar surface area (TPSA) is 76.0 Å². The molecule has 0 atom stereocenters. The van der Waals surface area contributed by atoms with E-state index in [0.29, 0.717) is 12.2 Å². The van der Waals surface area contributed by atoms with E-state index in [-0.39, 0.29) is 12.2 Å². The Hall–Kier alpha value is -2.70. The summed E-state index contributed by atoms with van der Waals surface area (Å²) >= 11 is 0. The van der Waals surface area contributed by atoms with Crippen molar-refractivity contribution in [2.75, 3.05) is 17.2 Å². The van der Waals surface area contributed by atoms with Crippen molar-refractivity contribution in [1.82, 2.24) is 9.78 Å². The Morgan fingerprint density at radius 2 is 2.14 bits per heavy atom. The molecule has 1 aromatic heterocycles. The average molecular weight is 290 g/mol. The van der Waals surface area contributed by atoms with Crippen LogP contribution in [-0.4, -0.2) is 22.2 Å². The molecule has 2 aromatic rings. The van der Waals surface area contributed by atoms with E-state index in [2.05, 4.69) is 15.7 Å². The normalized spacial score (nSPS) is 10.2. The van der Waals surface area contributed by atoms with Gasteiger partial charge in [0.05, 0.1) is 17.6 Å². The first-order valence-corrected chi connectivity index (χ1v) is 6.45. The Balaban J connectivity index is 2.06. The second-order valence-electron chi connectivity index (χ2n) is 4.30. The summed E-state index contributed by atoms with van der Waals surface area (Å²) in [5.41, 5.74) is 0.255. The number of nitrogens with zero attached hydrogens (tertiary/aromatic N) is 2. The average Bonchev–Trinajstić information content (AvgIpc) is 2.45. The van der Waals surface area contributed by atoms with Gasteiger partial charge < -0.3 is 10.6 Å². The monoisotopic (exact) mass is 290 g/mol. The Morgan fingerprint density at radius 3 is 2.81 bits per heavy atom. The van der Waals surface area contributed by atoms with Crippen LogP contribution in [0.5, 0.6) is 0 Å². The van der Waals surface area contributed by atoms with Crippen LogP contribution in [0.25, 0.3) is 0 Å². The van der Waals surface area contributed by atoms with Gasteiger partial charge in [0.2, 0.25) is 5.91 Å². The van der Waals surface area contributed by atoms with Gasteiger partial charge >= 0.3 is 0 Å². The minimum Gasteiger partial charge on any atom is -0.384 e. The Kier molecular flexibility index (Phi) is 4.65. The molecule has 110 valence electrons. The number of rotatable bonds is 5. The molecular formula is C14H15FN4O2. The fraction of sp³-hybridized carbons (Fsp3) is 0.214. The molecule has 0 spiro atoms. The predicted octanol–water partition coefficient (Wildman–Crippen LogP) is 1.45. The molecule has 21 heavy (non-hydrogen) atoms. The first-order chi connectivity index (χ1) is 10.1. The lowest BCUT2D eigenvalue weighted by molar-refractivity contribution is -0.117. The number of amides is 1. The van der Waals surface area contributed by atoms with E-state index >= 15 is 0 Å². The number of nitrogens with one attached hydrogen (secondary N) is 2. The molecule has 0 aliphatic heterocycles. The zero-order chi connectivity index (χ0) is 15.2. The van der Waals surface area contributed by atoms with Crippen LogP contribution in [0.1, 0.15) is 6.92 Å². The second kappa shape index (κ2) is 6.65. The van der Waals surface area contributed by atoms with E-state index in [0.717, 1.165) is 4.68 Å². The summed E-state index contributed by atoms with van der Waals surface area (Å²) < 4.78 is 14.4. The number of halogens is 1. The summed E-state index contributed by atoms with van der Waals surface area (Å²) in [7, 11) is 0. The number of hydrogen-bond donors (Lipinski definition) is 2. The van der Waals surface area contributed by atoms with Crippen LogP contribution in [0.15, 0.2) is 41.3 Å². The smallest absolute Gasteiger partial charge is 0.269 e. The number of carbonyl (C=O) groups is 1. The van der Waals surface area contributed by atoms with Gasteiger partial charge in [-0.25, -0.2) is 9.07 Å².